The van der Waals surface area contributed by atoms with Crippen LogP contribution in [0, 0.1) is 18.3 Å². The Morgan fingerprint density at radius 2 is 2.38 bits per heavy atom. The molecule has 1 aliphatic rings. The predicted molar refractivity (Wildman–Crippen MR) is 53.1 cm³/mol. The Labute approximate surface area is 79.8 Å². The Bertz CT molecular complexity index is 302. The number of hydrogen-bond acceptors (Lipinski definition) is 3. The molecule has 74 valence electrons. The normalized spacial score (nSPS) is 28.2. The highest BCUT2D eigenvalue weighted by Gasteiger charge is 2.32. The van der Waals surface area contributed by atoms with Gasteiger partial charge in [0.1, 0.15) is 0 Å². The van der Waals surface area contributed by atoms with Crippen LogP contribution in [-0.4, -0.2) is 32.5 Å². The third-order valence-corrected chi connectivity index (χ3v) is 4.14. The van der Waals surface area contributed by atoms with E-state index in [2.05, 4.69) is 11.2 Å². The van der Waals surface area contributed by atoms with E-state index in [1.165, 1.54) is 0 Å². The van der Waals surface area contributed by atoms with E-state index < -0.39 is 9.84 Å². The van der Waals surface area contributed by atoms with Gasteiger partial charge < -0.3 is 5.32 Å². The fourth-order valence-electron chi connectivity index (χ4n) is 1.67. The van der Waals surface area contributed by atoms with Crippen LogP contribution in [0.5, 0.6) is 0 Å². The van der Waals surface area contributed by atoms with Crippen molar-refractivity contribution in [1.29, 1.82) is 0 Å². The zero-order valence-electron chi connectivity index (χ0n) is 7.79. The van der Waals surface area contributed by atoms with Gasteiger partial charge in [0.2, 0.25) is 0 Å². The van der Waals surface area contributed by atoms with E-state index in [-0.39, 0.29) is 17.7 Å². The van der Waals surface area contributed by atoms with Crippen molar-refractivity contribution < 1.29 is 8.42 Å². The molecule has 0 aliphatic carbocycles. The van der Waals surface area contributed by atoms with Crippen molar-refractivity contribution in [2.45, 2.75) is 19.4 Å². The van der Waals surface area contributed by atoms with E-state index in [1.807, 2.05) is 6.92 Å². The minimum absolute atomic E-state index is 0.0812. The Morgan fingerprint density at radius 1 is 1.69 bits per heavy atom. The summed E-state index contributed by atoms with van der Waals surface area (Å²) in [5.41, 5.74) is 0. The first-order chi connectivity index (χ1) is 6.09. The molecule has 0 amide bonds. The highest BCUT2D eigenvalue weighted by Crippen LogP contribution is 2.21. The van der Waals surface area contributed by atoms with Gasteiger partial charge in [-0.25, -0.2) is 8.42 Å². The van der Waals surface area contributed by atoms with Gasteiger partial charge in [-0.1, -0.05) is 12.8 Å². The molecule has 1 saturated heterocycles. The van der Waals surface area contributed by atoms with Crippen LogP contribution in [0.2, 0.25) is 0 Å². The number of nitrogens with one attached hydrogen (secondary N) is 1. The Hall–Kier alpha value is -0.530. The molecule has 1 aliphatic heterocycles. The van der Waals surface area contributed by atoms with Crippen molar-refractivity contribution in [3.05, 3.63) is 0 Å². The number of sulfone groups is 1. The molecule has 0 aromatic carbocycles. The lowest BCUT2D eigenvalue weighted by Crippen LogP contribution is -2.35. The summed E-state index contributed by atoms with van der Waals surface area (Å²) in [6.45, 7) is 2.75. The lowest BCUT2D eigenvalue weighted by atomic mass is 10.0. The molecule has 0 aromatic heterocycles. The van der Waals surface area contributed by atoms with Gasteiger partial charge in [-0.05, 0) is 13.0 Å². The lowest BCUT2D eigenvalue weighted by Gasteiger charge is -2.16. The van der Waals surface area contributed by atoms with Crippen LogP contribution < -0.4 is 5.32 Å². The van der Waals surface area contributed by atoms with Crippen molar-refractivity contribution in [2.75, 3.05) is 18.1 Å². The van der Waals surface area contributed by atoms with Crippen LogP contribution in [0.3, 0.4) is 0 Å². The van der Waals surface area contributed by atoms with Crippen molar-refractivity contribution in [1.82, 2.24) is 5.32 Å². The predicted octanol–water partition coefficient (Wildman–Crippen LogP) is 0.0324. The van der Waals surface area contributed by atoms with Gasteiger partial charge in [0.15, 0.2) is 9.84 Å². The average Bonchev–Trinajstić information content (AvgIpc) is 2.42. The summed E-state index contributed by atoms with van der Waals surface area (Å²) in [4.78, 5) is 0. The summed E-state index contributed by atoms with van der Waals surface area (Å²) < 4.78 is 22.3. The highest BCUT2D eigenvalue weighted by atomic mass is 32.2. The van der Waals surface area contributed by atoms with E-state index in [0.717, 1.165) is 6.54 Å². The molecule has 0 aromatic rings. The molecule has 13 heavy (non-hydrogen) atoms. The van der Waals surface area contributed by atoms with Crippen LogP contribution in [0.15, 0.2) is 0 Å². The van der Waals surface area contributed by atoms with Gasteiger partial charge in [0.05, 0.1) is 17.5 Å². The SMILES string of the molecule is C#CC(NCC)C1CCS(=O)(=O)C1. The third-order valence-electron chi connectivity index (χ3n) is 2.34. The molecular weight excluding hydrogens is 186 g/mol. The Balaban J connectivity index is 2.59. The summed E-state index contributed by atoms with van der Waals surface area (Å²) in [6, 6.07) is -0.0812. The van der Waals surface area contributed by atoms with Gasteiger partial charge in [-0.3, -0.25) is 0 Å². The van der Waals surface area contributed by atoms with E-state index >= 15 is 0 Å². The van der Waals surface area contributed by atoms with Crippen LogP contribution in [0.1, 0.15) is 13.3 Å². The zero-order valence-corrected chi connectivity index (χ0v) is 8.60. The Morgan fingerprint density at radius 3 is 2.77 bits per heavy atom. The van der Waals surface area contributed by atoms with Crippen molar-refractivity contribution >= 4 is 9.84 Å². The maximum atomic E-state index is 11.2. The molecule has 0 bridgehead atoms. The molecule has 1 rings (SSSR count). The highest BCUT2D eigenvalue weighted by molar-refractivity contribution is 7.91. The number of rotatable bonds is 3. The second kappa shape index (κ2) is 4.12. The number of terminal acetylenes is 1. The summed E-state index contributed by atoms with van der Waals surface area (Å²) in [6.07, 6.45) is 6.02. The first-order valence-electron chi connectivity index (χ1n) is 4.49. The summed E-state index contributed by atoms with van der Waals surface area (Å²) in [7, 11) is -2.80. The zero-order chi connectivity index (χ0) is 9.90. The molecule has 1 heterocycles. The van der Waals surface area contributed by atoms with Crippen LogP contribution in [-0.2, 0) is 9.84 Å². The third kappa shape index (κ3) is 2.71. The van der Waals surface area contributed by atoms with Crippen LogP contribution >= 0.6 is 0 Å². The van der Waals surface area contributed by atoms with E-state index in [0.29, 0.717) is 12.2 Å². The molecule has 0 saturated carbocycles. The monoisotopic (exact) mass is 201 g/mol. The first kappa shape index (κ1) is 10.6. The average molecular weight is 201 g/mol. The molecule has 1 fully saturated rings. The van der Waals surface area contributed by atoms with E-state index in [9.17, 15) is 8.42 Å². The van der Waals surface area contributed by atoms with Gasteiger partial charge in [-0.15, -0.1) is 6.42 Å². The minimum Gasteiger partial charge on any atom is -0.304 e. The fourth-order valence-corrected chi connectivity index (χ4v) is 3.51. The van der Waals surface area contributed by atoms with Crippen molar-refractivity contribution in [3.8, 4) is 12.3 Å². The van der Waals surface area contributed by atoms with E-state index in [1.54, 1.807) is 0 Å². The van der Waals surface area contributed by atoms with Gasteiger partial charge in [0.25, 0.3) is 0 Å². The van der Waals surface area contributed by atoms with Crippen molar-refractivity contribution in [3.63, 3.8) is 0 Å². The van der Waals surface area contributed by atoms with Gasteiger partial charge in [-0.2, -0.15) is 0 Å². The first-order valence-corrected chi connectivity index (χ1v) is 6.31. The molecule has 2 unspecified atom stereocenters. The standard InChI is InChI=1S/C9H15NO2S/c1-3-9(10-4-2)8-5-6-13(11,12)7-8/h1,8-10H,4-7H2,2H3. The topological polar surface area (TPSA) is 46.2 Å². The summed E-state index contributed by atoms with van der Waals surface area (Å²) in [5.74, 6) is 3.25. The maximum Gasteiger partial charge on any atom is 0.150 e. The lowest BCUT2D eigenvalue weighted by molar-refractivity contribution is 0.462. The fraction of sp³-hybridized carbons (Fsp3) is 0.778. The Kier molecular flexibility index (Phi) is 3.34. The van der Waals surface area contributed by atoms with Crippen molar-refractivity contribution in [2.24, 2.45) is 5.92 Å². The quantitative estimate of drug-likeness (QED) is 0.655. The molecule has 0 radical (unpaired) electrons. The largest absolute Gasteiger partial charge is 0.304 e. The smallest absolute Gasteiger partial charge is 0.150 e. The second-order valence-corrected chi connectivity index (χ2v) is 5.59. The number of hydrogen-bond donors (Lipinski definition) is 1. The minimum atomic E-state index is -2.80. The van der Waals surface area contributed by atoms with Crippen LogP contribution in [0.4, 0.5) is 0 Å². The molecule has 2 atom stereocenters. The van der Waals surface area contributed by atoms with Gasteiger partial charge >= 0.3 is 0 Å². The molecule has 1 N–H and O–H groups in total. The van der Waals surface area contributed by atoms with E-state index in [4.69, 9.17) is 6.42 Å². The second-order valence-electron chi connectivity index (χ2n) is 3.37. The van der Waals surface area contributed by atoms with Crippen LogP contribution in [0.25, 0.3) is 0 Å². The molecular formula is C9H15NO2S. The van der Waals surface area contributed by atoms with Gasteiger partial charge in [0, 0.05) is 5.92 Å². The molecule has 0 spiro atoms. The molecule has 4 heteroatoms. The summed E-state index contributed by atoms with van der Waals surface area (Å²) >= 11 is 0. The molecule has 3 nitrogen and oxygen atoms in total. The summed E-state index contributed by atoms with van der Waals surface area (Å²) in [5, 5.41) is 3.11. The maximum absolute atomic E-state index is 11.2.